The predicted octanol–water partition coefficient (Wildman–Crippen LogP) is 3.99. The lowest BCUT2D eigenvalue weighted by Crippen LogP contribution is -2.39. The van der Waals surface area contributed by atoms with Gasteiger partial charge in [0.05, 0.1) is 5.69 Å². The number of hydrogen-bond acceptors (Lipinski definition) is 3. The molecule has 1 aromatic rings. The molecule has 0 spiro atoms. The van der Waals surface area contributed by atoms with Gasteiger partial charge in [0, 0.05) is 31.0 Å². The van der Waals surface area contributed by atoms with E-state index < -0.39 is 0 Å². The minimum atomic E-state index is 0.684. The monoisotopic (exact) mass is 289 g/mol. The summed E-state index contributed by atoms with van der Waals surface area (Å²) in [6.07, 6.45) is 8.60. The molecule has 1 aliphatic heterocycles. The Hall–Kier alpha value is -1.09. The molecule has 3 nitrogen and oxygen atoms in total. The van der Waals surface area contributed by atoms with E-state index in [-0.39, 0.29) is 0 Å². The van der Waals surface area contributed by atoms with Crippen LogP contribution in [0.3, 0.4) is 0 Å². The van der Waals surface area contributed by atoms with Gasteiger partial charge in [0.15, 0.2) is 0 Å². The Kier molecular flexibility index (Phi) is 6.50. The first kappa shape index (κ1) is 16.3. The van der Waals surface area contributed by atoms with Gasteiger partial charge in [0.25, 0.3) is 0 Å². The van der Waals surface area contributed by atoms with E-state index in [1.165, 1.54) is 44.3 Å². The summed E-state index contributed by atoms with van der Waals surface area (Å²) in [5.74, 6) is 0.684. The maximum absolute atomic E-state index is 4.51. The molecule has 1 atom stereocenters. The van der Waals surface area contributed by atoms with Gasteiger partial charge < -0.3 is 10.2 Å². The summed E-state index contributed by atoms with van der Waals surface area (Å²) in [5, 5.41) is 3.49. The number of aromatic nitrogens is 1. The molecule has 0 bridgehead atoms. The molecule has 0 amide bonds. The molecule has 1 N–H and O–H groups in total. The van der Waals surface area contributed by atoms with E-state index in [0.29, 0.717) is 5.92 Å². The second kappa shape index (κ2) is 8.38. The van der Waals surface area contributed by atoms with Gasteiger partial charge in [-0.2, -0.15) is 0 Å². The van der Waals surface area contributed by atoms with E-state index in [4.69, 9.17) is 0 Å². The maximum Gasteiger partial charge on any atom is 0.0562 e. The van der Waals surface area contributed by atoms with Crippen molar-refractivity contribution in [1.29, 1.82) is 0 Å². The first-order valence-electron chi connectivity index (χ1n) is 8.63. The summed E-state index contributed by atoms with van der Waals surface area (Å²) in [6, 6.07) is 5.18. The summed E-state index contributed by atoms with van der Waals surface area (Å²) in [7, 11) is 0. The Balaban J connectivity index is 2.01. The molecule has 0 aliphatic carbocycles. The van der Waals surface area contributed by atoms with Crippen molar-refractivity contribution in [1.82, 2.24) is 10.3 Å². The molecule has 21 heavy (non-hydrogen) atoms. The van der Waals surface area contributed by atoms with Crippen LogP contribution in [0.5, 0.6) is 0 Å². The molecule has 1 fully saturated rings. The summed E-state index contributed by atoms with van der Waals surface area (Å²) >= 11 is 0. The SMILES string of the molecule is CCCC1CCCCN1c1ccnc(CNCC(C)C)c1. The first-order valence-corrected chi connectivity index (χ1v) is 8.63. The van der Waals surface area contributed by atoms with Gasteiger partial charge in [-0.1, -0.05) is 27.2 Å². The molecule has 2 heterocycles. The third-order valence-corrected chi connectivity index (χ3v) is 4.24. The molecule has 3 heteroatoms. The highest BCUT2D eigenvalue weighted by molar-refractivity contribution is 5.48. The normalized spacial score (nSPS) is 19.2. The quantitative estimate of drug-likeness (QED) is 0.822. The zero-order chi connectivity index (χ0) is 15.1. The van der Waals surface area contributed by atoms with Crippen molar-refractivity contribution < 1.29 is 0 Å². The molecular weight excluding hydrogens is 258 g/mol. The van der Waals surface area contributed by atoms with E-state index >= 15 is 0 Å². The first-order chi connectivity index (χ1) is 10.2. The van der Waals surface area contributed by atoms with Crippen LogP contribution in [0, 0.1) is 5.92 Å². The topological polar surface area (TPSA) is 28.2 Å². The van der Waals surface area contributed by atoms with E-state index in [2.05, 4.69) is 48.1 Å². The third-order valence-electron chi connectivity index (χ3n) is 4.24. The minimum absolute atomic E-state index is 0.684. The molecule has 1 aliphatic rings. The van der Waals surface area contributed by atoms with Gasteiger partial charge in [0.2, 0.25) is 0 Å². The van der Waals surface area contributed by atoms with Crippen LogP contribution in [0.2, 0.25) is 0 Å². The molecular formula is C18H31N3. The fourth-order valence-electron chi connectivity index (χ4n) is 3.20. The molecule has 1 aromatic heterocycles. The Labute approximate surface area is 130 Å². The van der Waals surface area contributed by atoms with Crippen molar-refractivity contribution in [2.24, 2.45) is 5.92 Å². The van der Waals surface area contributed by atoms with Crippen molar-refractivity contribution in [2.45, 2.75) is 65.5 Å². The van der Waals surface area contributed by atoms with Gasteiger partial charge >= 0.3 is 0 Å². The van der Waals surface area contributed by atoms with Crippen LogP contribution in [0.4, 0.5) is 5.69 Å². The van der Waals surface area contributed by atoms with Gasteiger partial charge in [-0.05, 0) is 50.3 Å². The average molecular weight is 289 g/mol. The van der Waals surface area contributed by atoms with Crippen LogP contribution in [-0.2, 0) is 6.54 Å². The van der Waals surface area contributed by atoms with Crippen molar-refractivity contribution in [3.63, 3.8) is 0 Å². The second-order valence-corrected chi connectivity index (χ2v) is 6.66. The van der Waals surface area contributed by atoms with Crippen LogP contribution >= 0.6 is 0 Å². The summed E-state index contributed by atoms with van der Waals surface area (Å²) < 4.78 is 0. The number of pyridine rings is 1. The number of piperidine rings is 1. The lowest BCUT2D eigenvalue weighted by atomic mass is 9.97. The lowest BCUT2D eigenvalue weighted by Gasteiger charge is -2.37. The molecule has 1 saturated heterocycles. The predicted molar refractivity (Wildman–Crippen MR) is 90.7 cm³/mol. The van der Waals surface area contributed by atoms with Crippen LogP contribution in [0.1, 0.15) is 58.6 Å². The average Bonchev–Trinajstić information content (AvgIpc) is 2.48. The maximum atomic E-state index is 4.51. The zero-order valence-electron chi connectivity index (χ0n) is 13.9. The smallest absolute Gasteiger partial charge is 0.0562 e. The number of nitrogens with one attached hydrogen (secondary N) is 1. The minimum Gasteiger partial charge on any atom is -0.368 e. The molecule has 0 saturated carbocycles. The summed E-state index contributed by atoms with van der Waals surface area (Å²) in [5.41, 5.74) is 2.53. The lowest BCUT2D eigenvalue weighted by molar-refractivity contribution is 0.434. The number of hydrogen-bond donors (Lipinski definition) is 1. The van der Waals surface area contributed by atoms with Crippen molar-refractivity contribution >= 4 is 5.69 Å². The van der Waals surface area contributed by atoms with E-state index in [0.717, 1.165) is 24.8 Å². The molecule has 1 unspecified atom stereocenters. The Morgan fingerprint density at radius 1 is 1.38 bits per heavy atom. The van der Waals surface area contributed by atoms with Crippen LogP contribution in [-0.4, -0.2) is 24.1 Å². The van der Waals surface area contributed by atoms with Crippen molar-refractivity contribution in [3.05, 3.63) is 24.0 Å². The molecule has 0 aromatic carbocycles. The summed E-state index contributed by atoms with van der Waals surface area (Å²) in [6.45, 7) is 9.89. The van der Waals surface area contributed by atoms with E-state index in [1.54, 1.807) is 0 Å². The van der Waals surface area contributed by atoms with Gasteiger partial charge in [-0.3, -0.25) is 4.98 Å². The Morgan fingerprint density at radius 3 is 3.00 bits per heavy atom. The van der Waals surface area contributed by atoms with Crippen LogP contribution < -0.4 is 10.2 Å². The van der Waals surface area contributed by atoms with Crippen LogP contribution in [0.25, 0.3) is 0 Å². The molecule has 0 radical (unpaired) electrons. The van der Waals surface area contributed by atoms with Gasteiger partial charge in [-0.15, -0.1) is 0 Å². The Morgan fingerprint density at radius 2 is 2.24 bits per heavy atom. The summed E-state index contributed by atoms with van der Waals surface area (Å²) in [4.78, 5) is 7.12. The molecule has 118 valence electrons. The largest absolute Gasteiger partial charge is 0.368 e. The fourth-order valence-corrected chi connectivity index (χ4v) is 3.20. The molecule has 2 rings (SSSR count). The van der Waals surface area contributed by atoms with E-state index in [9.17, 15) is 0 Å². The van der Waals surface area contributed by atoms with Crippen LogP contribution in [0.15, 0.2) is 18.3 Å². The van der Waals surface area contributed by atoms with Gasteiger partial charge in [0.1, 0.15) is 0 Å². The highest BCUT2D eigenvalue weighted by Crippen LogP contribution is 2.27. The van der Waals surface area contributed by atoms with Crippen molar-refractivity contribution in [3.8, 4) is 0 Å². The number of nitrogens with zero attached hydrogens (tertiary/aromatic N) is 2. The second-order valence-electron chi connectivity index (χ2n) is 6.66. The fraction of sp³-hybridized carbons (Fsp3) is 0.722. The zero-order valence-corrected chi connectivity index (χ0v) is 13.9. The highest BCUT2D eigenvalue weighted by Gasteiger charge is 2.21. The Bertz CT molecular complexity index is 415. The van der Waals surface area contributed by atoms with Gasteiger partial charge in [-0.25, -0.2) is 0 Å². The van der Waals surface area contributed by atoms with E-state index in [1.807, 2.05) is 6.20 Å². The standard InChI is InChI=1S/C18H31N3/c1-4-7-17-8-5-6-11-21(17)18-9-10-20-16(12-18)14-19-13-15(2)3/h9-10,12,15,17,19H,4-8,11,13-14H2,1-3H3. The highest BCUT2D eigenvalue weighted by atomic mass is 15.2. The third kappa shape index (κ3) is 4.99. The number of anilines is 1. The van der Waals surface area contributed by atoms with Crippen molar-refractivity contribution in [2.75, 3.05) is 18.0 Å². The number of rotatable bonds is 7.